The molecule has 0 saturated carbocycles. The molecule has 2 aromatic rings. The Labute approximate surface area is 147 Å². The second-order valence-electron chi connectivity index (χ2n) is 7.44. The van der Waals surface area contributed by atoms with E-state index in [4.69, 9.17) is 4.52 Å². The molecule has 2 amide bonds. The van der Waals surface area contributed by atoms with Crippen LogP contribution in [0.25, 0.3) is 11.5 Å². The van der Waals surface area contributed by atoms with E-state index in [0.29, 0.717) is 36.3 Å². The fourth-order valence-corrected chi connectivity index (χ4v) is 2.92. The van der Waals surface area contributed by atoms with Crippen LogP contribution in [0.4, 0.5) is 4.79 Å². The van der Waals surface area contributed by atoms with Gasteiger partial charge in [0.25, 0.3) is 0 Å². The van der Waals surface area contributed by atoms with Gasteiger partial charge in [0.15, 0.2) is 0 Å². The molecule has 1 fully saturated rings. The predicted molar refractivity (Wildman–Crippen MR) is 91.6 cm³/mol. The number of likely N-dealkylation sites (tertiary alicyclic amines) is 1. The minimum absolute atomic E-state index is 0.0111. The van der Waals surface area contributed by atoms with Gasteiger partial charge in [-0.15, -0.1) is 0 Å². The van der Waals surface area contributed by atoms with Crippen LogP contribution in [0.3, 0.4) is 0 Å². The summed E-state index contributed by atoms with van der Waals surface area (Å²) in [5.74, 6) is 1.33. The summed E-state index contributed by atoms with van der Waals surface area (Å²) >= 11 is 0. The van der Waals surface area contributed by atoms with E-state index in [-0.39, 0.29) is 11.6 Å². The molecule has 8 nitrogen and oxygen atoms in total. The number of carbonyl (C=O) groups is 1. The fourth-order valence-electron chi connectivity index (χ4n) is 2.92. The molecular weight excluding hydrogens is 320 g/mol. The van der Waals surface area contributed by atoms with Crippen molar-refractivity contribution in [2.24, 2.45) is 5.92 Å². The molecule has 0 aliphatic carbocycles. The van der Waals surface area contributed by atoms with Gasteiger partial charge in [-0.25, -0.2) is 9.78 Å². The molecule has 0 spiro atoms. The van der Waals surface area contributed by atoms with E-state index >= 15 is 0 Å². The Morgan fingerprint density at radius 1 is 1.40 bits per heavy atom. The van der Waals surface area contributed by atoms with E-state index in [0.717, 1.165) is 19.4 Å². The van der Waals surface area contributed by atoms with Crippen molar-refractivity contribution in [2.45, 2.75) is 45.6 Å². The first-order chi connectivity index (χ1) is 11.9. The summed E-state index contributed by atoms with van der Waals surface area (Å²) < 4.78 is 5.35. The number of piperidine rings is 1. The molecule has 1 saturated heterocycles. The lowest BCUT2D eigenvalue weighted by molar-refractivity contribution is 0.155. The van der Waals surface area contributed by atoms with Gasteiger partial charge in [-0.1, -0.05) is 5.16 Å². The normalized spacial score (nSPS) is 18.2. The van der Waals surface area contributed by atoms with Gasteiger partial charge in [-0.3, -0.25) is 4.98 Å². The van der Waals surface area contributed by atoms with Gasteiger partial charge in [-0.2, -0.15) is 4.98 Å². The molecule has 134 valence electrons. The van der Waals surface area contributed by atoms with Crippen LogP contribution in [0.15, 0.2) is 23.1 Å². The molecule has 0 radical (unpaired) electrons. The third kappa shape index (κ3) is 4.74. The molecule has 1 aliphatic heterocycles. The third-order valence-electron chi connectivity index (χ3n) is 4.01. The smallest absolute Gasteiger partial charge is 0.317 e. The minimum atomic E-state index is -0.234. The second-order valence-corrected chi connectivity index (χ2v) is 7.44. The van der Waals surface area contributed by atoms with E-state index < -0.39 is 0 Å². The maximum absolute atomic E-state index is 12.3. The number of carbonyl (C=O) groups excluding carboxylic acids is 1. The average Bonchev–Trinajstić information content (AvgIpc) is 3.03. The number of hydrogen-bond acceptors (Lipinski definition) is 6. The van der Waals surface area contributed by atoms with E-state index in [1.165, 1.54) is 0 Å². The maximum atomic E-state index is 12.3. The number of nitrogens with zero attached hydrogens (tertiary/aromatic N) is 5. The van der Waals surface area contributed by atoms with Gasteiger partial charge in [-0.05, 0) is 39.5 Å². The Balaban J connectivity index is 1.60. The molecule has 25 heavy (non-hydrogen) atoms. The lowest BCUT2D eigenvalue weighted by Crippen LogP contribution is -2.51. The average molecular weight is 344 g/mol. The summed E-state index contributed by atoms with van der Waals surface area (Å²) in [6.07, 6.45) is 7.48. The van der Waals surface area contributed by atoms with Crippen LogP contribution in [-0.2, 0) is 6.42 Å². The zero-order valence-corrected chi connectivity index (χ0v) is 14.9. The summed E-state index contributed by atoms with van der Waals surface area (Å²) in [6.45, 7) is 7.44. The molecule has 3 heterocycles. The Morgan fingerprint density at radius 2 is 2.24 bits per heavy atom. The summed E-state index contributed by atoms with van der Waals surface area (Å²) in [6, 6.07) is -0.0111. The van der Waals surface area contributed by atoms with Crippen LogP contribution in [-0.4, -0.2) is 49.7 Å². The summed E-state index contributed by atoms with van der Waals surface area (Å²) in [7, 11) is 0. The molecule has 1 N–H and O–H groups in total. The van der Waals surface area contributed by atoms with Crippen LogP contribution in [0, 0.1) is 5.92 Å². The summed E-state index contributed by atoms with van der Waals surface area (Å²) in [5.41, 5.74) is 0.356. The Bertz CT molecular complexity index is 709. The van der Waals surface area contributed by atoms with Crippen molar-refractivity contribution in [3.63, 3.8) is 0 Å². The SMILES string of the molecule is CC(C)(C)NC(=O)N1CCCC(Cc2nc(-c3cnccn3)no2)C1. The zero-order chi connectivity index (χ0) is 17.9. The van der Waals surface area contributed by atoms with Gasteiger partial charge in [0.05, 0.1) is 6.20 Å². The van der Waals surface area contributed by atoms with Crippen LogP contribution >= 0.6 is 0 Å². The lowest BCUT2D eigenvalue weighted by atomic mass is 9.95. The second kappa shape index (κ2) is 7.16. The minimum Gasteiger partial charge on any atom is -0.339 e. The van der Waals surface area contributed by atoms with Crippen LogP contribution in [0.5, 0.6) is 0 Å². The molecule has 0 aromatic carbocycles. The van der Waals surface area contributed by atoms with Crippen molar-refractivity contribution in [3.8, 4) is 11.5 Å². The highest BCUT2D eigenvalue weighted by Gasteiger charge is 2.27. The molecule has 3 rings (SSSR count). The molecule has 1 atom stereocenters. The fraction of sp³-hybridized carbons (Fsp3) is 0.588. The molecule has 0 bridgehead atoms. The first-order valence-corrected chi connectivity index (χ1v) is 8.57. The Kier molecular flexibility index (Phi) is 4.96. The van der Waals surface area contributed by atoms with Crippen LogP contribution in [0.2, 0.25) is 0 Å². The van der Waals surface area contributed by atoms with E-state index in [1.54, 1.807) is 18.6 Å². The molecule has 1 unspecified atom stereocenters. The number of hydrogen-bond donors (Lipinski definition) is 1. The standard InChI is InChI=1S/C17H24N6O2/c1-17(2,3)21-16(24)23-8-4-5-12(11-23)9-14-20-15(22-25-14)13-10-18-6-7-19-13/h6-7,10,12H,4-5,8-9,11H2,1-3H3,(H,21,24). The van der Waals surface area contributed by atoms with E-state index in [9.17, 15) is 4.79 Å². The third-order valence-corrected chi connectivity index (χ3v) is 4.01. The Hall–Kier alpha value is -2.51. The van der Waals surface area contributed by atoms with Crippen LogP contribution in [0.1, 0.15) is 39.5 Å². The van der Waals surface area contributed by atoms with Gasteiger partial charge in [0.2, 0.25) is 11.7 Å². The van der Waals surface area contributed by atoms with Crippen molar-refractivity contribution in [1.29, 1.82) is 0 Å². The lowest BCUT2D eigenvalue weighted by Gasteiger charge is -2.34. The highest BCUT2D eigenvalue weighted by atomic mass is 16.5. The van der Waals surface area contributed by atoms with Gasteiger partial charge in [0.1, 0.15) is 5.69 Å². The highest BCUT2D eigenvalue weighted by molar-refractivity contribution is 5.75. The quantitative estimate of drug-likeness (QED) is 0.917. The van der Waals surface area contributed by atoms with E-state index in [1.807, 2.05) is 25.7 Å². The topological polar surface area (TPSA) is 97.0 Å². The largest absolute Gasteiger partial charge is 0.339 e. The Morgan fingerprint density at radius 3 is 2.96 bits per heavy atom. The highest BCUT2D eigenvalue weighted by Crippen LogP contribution is 2.22. The van der Waals surface area contributed by atoms with E-state index in [2.05, 4.69) is 25.4 Å². The number of urea groups is 1. The van der Waals surface area contributed by atoms with Gasteiger partial charge in [0, 0.05) is 37.4 Å². The van der Waals surface area contributed by atoms with Crippen molar-refractivity contribution in [2.75, 3.05) is 13.1 Å². The predicted octanol–water partition coefficient (Wildman–Crippen LogP) is 2.29. The van der Waals surface area contributed by atoms with Gasteiger partial charge < -0.3 is 14.7 Å². The van der Waals surface area contributed by atoms with Crippen molar-refractivity contribution >= 4 is 6.03 Å². The molecule has 8 heteroatoms. The first kappa shape index (κ1) is 17.3. The number of rotatable bonds is 3. The maximum Gasteiger partial charge on any atom is 0.317 e. The number of amides is 2. The monoisotopic (exact) mass is 344 g/mol. The van der Waals surface area contributed by atoms with Crippen molar-refractivity contribution < 1.29 is 9.32 Å². The molecular formula is C17H24N6O2. The molecule has 2 aromatic heterocycles. The van der Waals surface area contributed by atoms with Crippen molar-refractivity contribution in [3.05, 3.63) is 24.5 Å². The van der Waals surface area contributed by atoms with Gasteiger partial charge >= 0.3 is 6.03 Å². The van der Waals surface area contributed by atoms with Crippen molar-refractivity contribution in [1.82, 2.24) is 30.3 Å². The summed E-state index contributed by atoms with van der Waals surface area (Å²) in [5, 5.41) is 6.99. The molecule has 1 aliphatic rings. The zero-order valence-electron chi connectivity index (χ0n) is 14.9. The number of nitrogens with one attached hydrogen (secondary N) is 1. The number of aromatic nitrogens is 4. The van der Waals surface area contributed by atoms with Crippen LogP contribution < -0.4 is 5.32 Å². The first-order valence-electron chi connectivity index (χ1n) is 8.57. The summed E-state index contributed by atoms with van der Waals surface area (Å²) in [4.78, 5) is 26.8.